The normalized spacial score (nSPS) is 10.9. The summed E-state index contributed by atoms with van der Waals surface area (Å²) in [5.74, 6) is 0.989. The molecule has 0 unspecified atom stereocenters. The Hall–Kier alpha value is -1.80. The largest absolute Gasteiger partial charge is 0.494 e. The number of ether oxygens (including phenoxy) is 1. The van der Waals surface area contributed by atoms with Crippen molar-refractivity contribution >= 4 is 0 Å². The van der Waals surface area contributed by atoms with Crippen molar-refractivity contribution in [1.82, 2.24) is 5.32 Å². The van der Waals surface area contributed by atoms with E-state index < -0.39 is 0 Å². The van der Waals surface area contributed by atoms with E-state index in [9.17, 15) is 0 Å². The number of hydrogen-bond acceptors (Lipinski definition) is 2. The van der Waals surface area contributed by atoms with Crippen LogP contribution in [0.4, 0.5) is 0 Å². The van der Waals surface area contributed by atoms with E-state index in [1.165, 1.54) is 68.9 Å². The molecule has 2 aromatic carbocycles. The molecule has 2 aromatic rings. The van der Waals surface area contributed by atoms with E-state index in [0.717, 1.165) is 31.9 Å². The molecule has 0 heterocycles. The summed E-state index contributed by atoms with van der Waals surface area (Å²) in [6, 6.07) is 19.0. The van der Waals surface area contributed by atoms with Crippen LogP contribution in [0, 0.1) is 0 Å². The van der Waals surface area contributed by atoms with Gasteiger partial charge in [-0.1, -0.05) is 107 Å². The van der Waals surface area contributed by atoms with E-state index in [1.807, 2.05) is 0 Å². The standard InChI is InChI=1S/C26H39NO/c1-2-3-4-5-6-7-8-9-10-14-21-28-26-19-17-25(18-20-26)23-27-22-24-15-12-11-13-16-24/h11-13,15-20,27H,2-10,14,21-23H2,1H3. The summed E-state index contributed by atoms with van der Waals surface area (Å²) in [7, 11) is 0. The lowest BCUT2D eigenvalue weighted by Crippen LogP contribution is -2.12. The molecule has 28 heavy (non-hydrogen) atoms. The van der Waals surface area contributed by atoms with Gasteiger partial charge in [-0.25, -0.2) is 0 Å². The summed E-state index contributed by atoms with van der Waals surface area (Å²) in [4.78, 5) is 0. The van der Waals surface area contributed by atoms with Gasteiger partial charge in [-0.15, -0.1) is 0 Å². The maximum absolute atomic E-state index is 5.89. The topological polar surface area (TPSA) is 21.3 Å². The summed E-state index contributed by atoms with van der Waals surface area (Å²) in [6.07, 6.45) is 13.6. The summed E-state index contributed by atoms with van der Waals surface area (Å²) in [5.41, 5.74) is 2.61. The summed E-state index contributed by atoms with van der Waals surface area (Å²) < 4.78 is 5.89. The first kappa shape index (κ1) is 22.5. The van der Waals surface area contributed by atoms with Crippen molar-refractivity contribution < 1.29 is 4.74 Å². The first-order valence-electron chi connectivity index (χ1n) is 11.3. The van der Waals surface area contributed by atoms with Crippen LogP contribution in [-0.4, -0.2) is 6.61 Å². The van der Waals surface area contributed by atoms with Gasteiger partial charge < -0.3 is 10.1 Å². The lowest BCUT2D eigenvalue weighted by atomic mass is 10.1. The van der Waals surface area contributed by atoms with Gasteiger partial charge in [0.2, 0.25) is 0 Å². The second kappa shape index (κ2) is 15.2. The lowest BCUT2D eigenvalue weighted by molar-refractivity contribution is 0.304. The second-order valence-electron chi connectivity index (χ2n) is 7.76. The molecule has 0 saturated heterocycles. The number of benzene rings is 2. The molecule has 0 radical (unpaired) electrons. The Morgan fingerprint density at radius 2 is 1.14 bits per heavy atom. The zero-order chi connectivity index (χ0) is 19.7. The van der Waals surface area contributed by atoms with Crippen molar-refractivity contribution in [2.24, 2.45) is 0 Å². The quantitative estimate of drug-likeness (QED) is 0.309. The third-order valence-electron chi connectivity index (χ3n) is 5.19. The van der Waals surface area contributed by atoms with Gasteiger partial charge in [0.1, 0.15) is 5.75 Å². The van der Waals surface area contributed by atoms with Gasteiger partial charge in [-0.05, 0) is 29.7 Å². The van der Waals surface area contributed by atoms with Crippen LogP contribution in [0.25, 0.3) is 0 Å². The van der Waals surface area contributed by atoms with E-state index in [1.54, 1.807) is 0 Å². The molecule has 0 amide bonds. The van der Waals surface area contributed by atoms with Crippen LogP contribution in [0.2, 0.25) is 0 Å². The average molecular weight is 382 g/mol. The molecule has 2 rings (SSSR count). The third-order valence-corrected chi connectivity index (χ3v) is 5.19. The van der Waals surface area contributed by atoms with Crippen molar-refractivity contribution in [3.8, 4) is 5.75 Å². The van der Waals surface area contributed by atoms with Crippen molar-refractivity contribution in [1.29, 1.82) is 0 Å². The fourth-order valence-corrected chi connectivity index (χ4v) is 3.43. The summed E-state index contributed by atoms with van der Waals surface area (Å²) in [6.45, 7) is 4.90. The molecule has 2 nitrogen and oxygen atoms in total. The molecule has 0 spiro atoms. The van der Waals surface area contributed by atoms with Gasteiger partial charge in [0.15, 0.2) is 0 Å². The van der Waals surface area contributed by atoms with Crippen LogP contribution in [0.3, 0.4) is 0 Å². The minimum atomic E-state index is 0.835. The Kier molecular flexibility index (Phi) is 12.2. The molecule has 0 aliphatic heterocycles. The monoisotopic (exact) mass is 381 g/mol. The Morgan fingerprint density at radius 3 is 1.75 bits per heavy atom. The van der Waals surface area contributed by atoms with Crippen molar-refractivity contribution in [2.45, 2.75) is 84.2 Å². The second-order valence-corrected chi connectivity index (χ2v) is 7.76. The predicted octanol–water partition coefficient (Wildman–Crippen LogP) is 7.28. The molecule has 154 valence electrons. The van der Waals surface area contributed by atoms with Crippen LogP contribution in [-0.2, 0) is 13.1 Å². The maximum Gasteiger partial charge on any atom is 0.119 e. The first-order chi connectivity index (χ1) is 13.9. The van der Waals surface area contributed by atoms with Crippen molar-refractivity contribution in [3.63, 3.8) is 0 Å². The molecule has 0 fully saturated rings. The molecule has 0 bridgehead atoms. The lowest BCUT2D eigenvalue weighted by Gasteiger charge is -2.08. The zero-order valence-electron chi connectivity index (χ0n) is 17.8. The Morgan fingerprint density at radius 1 is 0.607 bits per heavy atom. The fraction of sp³-hybridized carbons (Fsp3) is 0.538. The van der Waals surface area contributed by atoms with E-state index in [0.29, 0.717) is 0 Å². The molecular formula is C26H39NO. The van der Waals surface area contributed by atoms with Crippen LogP contribution < -0.4 is 10.1 Å². The SMILES string of the molecule is CCCCCCCCCCCCOc1ccc(CNCc2ccccc2)cc1. The van der Waals surface area contributed by atoms with Crippen LogP contribution in [0.1, 0.15) is 82.3 Å². The molecule has 1 N–H and O–H groups in total. The minimum Gasteiger partial charge on any atom is -0.494 e. The fourth-order valence-electron chi connectivity index (χ4n) is 3.43. The molecule has 0 aliphatic rings. The smallest absolute Gasteiger partial charge is 0.119 e. The number of rotatable bonds is 16. The Labute approximate surface area is 172 Å². The van der Waals surface area contributed by atoms with Gasteiger partial charge in [-0.2, -0.15) is 0 Å². The van der Waals surface area contributed by atoms with Crippen LogP contribution in [0.5, 0.6) is 5.75 Å². The van der Waals surface area contributed by atoms with Gasteiger partial charge in [0.05, 0.1) is 6.61 Å². The number of hydrogen-bond donors (Lipinski definition) is 1. The Balaban J connectivity index is 1.46. The van der Waals surface area contributed by atoms with Crippen LogP contribution >= 0.6 is 0 Å². The molecule has 0 aromatic heterocycles. The average Bonchev–Trinajstić information content (AvgIpc) is 2.74. The number of unbranched alkanes of at least 4 members (excludes halogenated alkanes) is 9. The van der Waals surface area contributed by atoms with Crippen molar-refractivity contribution in [3.05, 3.63) is 65.7 Å². The van der Waals surface area contributed by atoms with Gasteiger partial charge in [-0.3, -0.25) is 0 Å². The predicted molar refractivity (Wildman–Crippen MR) is 121 cm³/mol. The minimum absolute atomic E-state index is 0.835. The summed E-state index contributed by atoms with van der Waals surface area (Å²) in [5, 5.41) is 3.49. The van der Waals surface area contributed by atoms with Crippen LogP contribution in [0.15, 0.2) is 54.6 Å². The molecular weight excluding hydrogens is 342 g/mol. The highest BCUT2D eigenvalue weighted by Crippen LogP contribution is 2.14. The highest BCUT2D eigenvalue weighted by atomic mass is 16.5. The molecule has 0 saturated carbocycles. The van der Waals surface area contributed by atoms with Gasteiger partial charge in [0.25, 0.3) is 0 Å². The highest BCUT2D eigenvalue weighted by Gasteiger charge is 1.98. The first-order valence-corrected chi connectivity index (χ1v) is 11.3. The maximum atomic E-state index is 5.89. The third kappa shape index (κ3) is 10.5. The molecule has 2 heteroatoms. The number of nitrogens with one attached hydrogen (secondary N) is 1. The molecule has 0 atom stereocenters. The van der Waals surface area contributed by atoms with E-state index in [4.69, 9.17) is 4.74 Å². The van der Waals surface area contributed by atoms with Gasteiger partial charge >= 0.3 is 0 Å². The van der Waals surface area contributed by atoms with E-state index >= 15 is 0 Å². The van der Waals surface area contributed by atoms with E-state index in [2.05, 4.69) is 66.8 Å². The highest BCUT2D eigenvalue weighted by molar-refractivity contribution is 5.27. The van der Waals surface area contributed by atoms with Gasteiger partial charge in [0, 0.05) is 13.1 Å². The summed E-state index contributed by atoms with van der Waals surface area (Å²) >= 11 is 0. The Bertz CT molecular complexity index is 594. The van der Waals surface area contributed by atoms with E-state index in [-0.39, 0.29) is 0 Å². The zero-order valence-corrected chi connectivity index (χ0v) is 17.8. The van der Waals surface area contributed by atoms with Crippen molar-refractivity contribution in [2.75, 3.05) is 6.61 Å². The molecule has 0 aliphatic carbocycles.